The molecule has 0 aromatic rings. The van der Waals surface area contributed by atoms with E-state index in [2.05, 4.69) is 6.26 Å². The maximum absolute atomic E-state index is 9.51. The number of fused-ring (bicyclic) bond motifs is 2. The molecule has 0 spiro atoms. The molecule has 2 bridgehead atoms. The van der Waals surface area contributed by atoms with Crippen LogP contribution in [0.3, 0.4) is 0 Å². The molecule has 2 aliphatic carbocycles. The van der Waals surface area contributed by atoms with E-state index in [1.54, 1.807) is 0 Å². The molecule has 2 saturated carbocycles. The van der Waals surface area contributed by atoms with Crippen molar-refractivity contribution in [1.82, 2.24) is 0 Å². The highest BCUT2D eigenvalue weighted by molar-refractivity contribution is 7.99. The van der Waals surface area contributed by atoms with Crippen molar-refractivity contribution < 1.29 is 5.11 Å². The maximum Gasteiger partial charge on any atom is 0.0581 e. The minimum atomic E-state index is 0.0381. The van der Waals surface area contributed by atoms with Crippen LogP contribution in [0.2, 0.25) is 0 Å². The van der Waals surface area contributed by atoms with E-state index in [0.717, 1.165) is 17.6 Å². The summed E-state index contributed by atoms with van der Waals surface area (Å²) in [6.07, 6.45) is 5.95. The van der Waals surface area contributed by atoms with Crippen molar-refractivity contribution in [2.45, 2.75) is 30.6 Å². The highest BCUT2D eigenvalue weighted by Crippen LogP contribution is 2.48. The summed E-state index contributed by atoms with van der Waals surface area (Å²) in [4.78, 5) is 0. The van der Waals surface area contributed by atoms with E-state index in [-0.39, 0.29) is 6.10 Å². The fourth-order valence-corrected chi connectivity index (χ4v) is 3.63. The summed E-state index contributed by atoms with van der Waals surface area (Å²) in [6.45, 7) is 0. The van der Waals surface area contributed by atoms with Gasteiger partial charge in [-0.3, -0.25) is 0 Å². The Labute approximate surface area is 66.2 Å². The summed E-state index contributed by atoms with van der Waals surface area (Å²) in [5, 5.41) is 10.3. The zero-order valence-electron chi connectivity index (χ0n) is 6.29. The Balaban J connectivity index is 2.06. The average Bonchev–Trinajstić information content (AvgIpc) is 2.44. The van der Waals surface area contributed by atoms with E-state index in [1.165, 1.54) is 12.8 Å². The van der Waals surface area contributed by atoms with Crippen molar-refractivity contribution in [3.05, 3.63) is 0 Å². The first-order valence-electron chi connectivity index (χ1n) is 4.02. The molecule has 0 heterocycles. The molecule has 2 aliphatic rings. The smallest absolute Gasteiger partial charge is 0.0581 e. The van der Waals surface area contributed by atoms with Crippen molar-refractivity contribution >= 4 is 11.8 Å². The topological polar surface area (TPSA) is 20.2 Å². The van der Waals surface area contributed by atoms with Crippen LogP contribution in [0.25, 0.3) is 0 Å². The molecule has 2 rings (SSSR count). The highest BCUT2D eigenvalue weighted by atomic mass is 32.2. The van der Waals surface area contributed by atoms with Gasteiger partial charge in [0.25, 0.3) is 0 Å². The van der Waals surface area contributed by atoms with Gasteiger partial charge in [0.15, 0.2) is 0 Å². The molecular formula is C8H14OS. The Morgan fingerprint density at radius 1 is 1.30 bits per heavy atom. The van der Waals surface area contributed by atoms with Crippen LogP contribution in [0.1, 0.15) is 19.3 Å². The Morgan fingerprint density at radius 2 is 2.10 bits per heavy atom. The average molecular weight is 158 g/mol. The van der Waals surface area contributed by atoms with E-state index in [0.29, 0.717) is 5.92 Å². The van der Waals surface area contributed by atoms with Gasteiger partial charge in [-0.2, -0.15) is 11.8 Å². The van der Waals surface area contributed by atoms with Crippen molar-refractivity contribution in [2.75, 3.05) is 6.26 Å². The minimum Gasteiger partial charge on any atom is -0.393 e. The van der Waals surface area contributed by atoms with E-state index < -0.39 is 0 Å². The number of aliphatic hydroxyl groups excluding tert-OH is 1. The van der Waals surface area contributed by atoms with Crippen LogP contribution < -0.4 is 0 Å². The summed E-state index contributed by atoms with van der Waals surface area (Å²) in [5.74, 6) is 1.50. The second-order valence-electron chi connectivity index (χ2n) is 3.58. The Morgan fingerprint density at radius 3 is 2.50 bits per heavy atom. The molecule has 0 aromatic carbocycles. The van der Waals surface area contributed by atoms with Crippen molar-refractivity contribution in [3.8, 4) is 0 Å². The quantitative estimate of drug-likeness (QED) is 0.624. The van der Waals surface area contributed by atoms with Gasteiger partial charge in [0.2, 0.25) is 0 Å². The molecule has 0 radical (unpaired) electrons. The van der Waals surface area contributed by atoms with Gasteiger partial charge in [-0.1, -0.05) is 0 Å². The Bertz CT molecular complexity index is 135. The summed E-state index contributed by atoms with van der Waals surface area (Å²) in [6, 6.07) is 0. The van der Waals surface area contributed by atoms with E-state index in [9.17, 15) is 5.11 Å². The molecule has 1 N–H and O–H groups in total. The zero-order valence-corrected chi connectivity index (χ0v) is 7.10. The van der Waals surface area contributed by atoms with Crippen LogP contribution in [0.5, 0.6) is 0 Å². The van der Waals surface area contributed by atoms with Gasteiger partial charge in [-0.25, -0.2) is 0 Å². The van der Waals surface area contributed by atoms with Gasteiger partial charge in [0.1, 0.15) is 0 Å². The third-order valence-electron chi connectivity index (χ3n) is 3.02. The molecular weight excluding hydrogens is 144 g/mol. The molecule has 2 heteroatoms. The van der Waals surface area contributed by atoms with Gasteiger partial charge in [-0.05, 0) is 37.4 Å². The number of aliphatic hydroxyl groups is 1. The predicted octanol–water partition coefficient (Wildman–Crippen LogP) is 1.51. The first-order chi connectivity index (χ1) is 4.81. The SMILES string of the molecule is CS[C@@H]1C[C@H]2C[C@@H]1[C@@H](O)C2. The molecule has 0 unspecified atom stereocenters. The monoisotopic (exact) mass is 158 g/mol. The molecule has 0 amide bonds. The predicted molar refractivity (Wildman–Crippen MR) is 44.1 cm³/mol. The molecule has 10 heavy (non-hydrogen) atoms. The van der Waals surface area contributed by atoms with Gasteiger partial charge in [0.05, 0.1) is 6.10 Å². The third kappa shape index (κ3) is 0.892. The number of thioether (sulfide) groups is 1. The summed E-state index contributed by atoms with van der Waals surface area (Å²) in [7, 11) is 0. The first kappa shape index (κ1) is 6.99. The molecule has 58 valence electrons. The van der Waals surface area contributed by atoms with E-state index in [4.69, 9.17) is 0 Å². The fourth-order valence-electron chi connectivity index (χ4n) is 2.52. The number of hydrogen-bond acceptors (Lipinski definition) is 2. The van der Waals surface area contributed by atoms with Gasteiger partial charge < -0.3 is 5.11 Å². The molecule has 0 aromatic heterocycles. The van der Waals surface area contributed by atoms with Crippen LogP contribution in [0.15, 0.2) is 0 Å². The Hall–Kier alpha value is 0.310. The summed E-state index contributed by atoms with van der Waals surface area (Å²) >= 11 is 1.94. The third-order valence-corrected chi connectivity index (χ3v) is 4.17. The van der Waals surface area contributed by atoms with Crippen LogP contribution in [0, 0.1) is 11.8 Å². The van der Waals surface area contributed by atoms with Gasteiger partial charge >= 0.3 is 0 Å². The van der Waals surface area contributed by atoms with Crippen LogP contribution in [-0.4, -0.2) is 22.7 Å². The normalized spacial score (nSPS) is 52.2. The maximum atomic E-state index is 9.51. The molecule has 1 nitrogen and oxygen atoms in total. The molecule has 0 saturated heterocycles. The molecule has 0 aliphatic heterocycles. The van der Waals surface area contributed by atoms with E-state index in [1.807, 2.05) is 11.8 Å². The molecule has 2 fully saturated rings. The van der Waals surface area contributed by atoms with Gasteiger partial charge in [0, 0.05) is 5.25 Å². The van der Waals surface area contributed by atoms with Crippen molar-refractivity contribution in [2.24, 2.45) is 11.8 Å². The largest absolute Gasteiger partial charge is 0.393 e. The second kappa shape index (κ2) is 2.42. The number of hydrogen-bond donors (Lipinski definition) is 1. The second-order valence-corrected chi connectivity index (χ2v) is 4.66. The fraction of sp³-hybridized carbons (Fsp3) is 1.00. The standard InChI is InChI=1S/C8H14OS/c1-10-8-4-5-2-6(8)7(9)3-5/h5-9H,2-4H2,1H3/t5-,6+,7-,8+/m0/s1. The van der Waals surface area contributed by atoms with Crippen LogP contribution in [0.4, 0.5) is 0 Å². The minimum absolute atomic E-state index is 0.0381. The lowest BCUT2D eigenvalue weighted by molar-refractivity contribution is 0.117. The lowest BCUT2D eigenvalue weighted by Gasteiger charge is -2.23. The lowest BCUT2D eigenvalue weighted by atomic mass is 9.97. The zero-order chi connectivity index (χ0) is 7.14. The van der Waals surface area contributed by atoms with Gasteiger partial charge in [-0.15, -0.1) is 0 Å². The van der Waals surface area contributed by atoms with Crippen molar-refractivity contribution in [3.63, 3.8) is 0 Å². The summed E-state index contributed by atoms with van der Waals surface area (Å²) in [5.41, 5.74) is 0. The number of rotatable bonds is 1. The van der Waals surface area contributed by atoms with E-state index >= 15 is 0 Å². The molecule has 4 atom stereocenters. The lowest BCUT2D eigenvalue weighted by Crippen LogP contribution is -2.25. The van der Waals surface area contributed by atoms with Crippen LogP contribution >= 0.6 is 11.8 Å². The Kier molecular flexibility index (Phi) is 1.69. The first-order valence-corrected chi connectivity index (χ1v) is 5.31. The summed E-state index contributed by atoms with van der Waals surface area (Å²) < 4.78 is 0. The van der Waals surface area contributed by atoms with Crippen LogP contribution in [-0.2, 0) is 0 Å². The highest BCUT2D eigenvalue weighted by Gasteiger charge is 2.44. The van der Waals surface area contributed by atoms with Crippen molar-refractivity contribution in [1.29, 1.82) is 0 Å².